The molecule has 0 heterocycles. The van der Waals surface area contributed by atoms with Gasteiger partial charge in [0.25, 0.3) is 5.91 Å². The summed E-state index contributed by atoms with van der Waals surface area (Å²) in [7, 11) is 3.24. The number of thioether (sulfide) groups is 1. The van der Waals surface area contributed by atoms with Crippen LogP contribution in [0, 0.1) is 0 Å². The summed E-state index contributed by atoms with van der Waals surface area (Å²) in [5, 5.41) is -0.269. The molecule has 0 aliphatic carbocycles. The molecule has 0 bridgehead atoms. The molecule has 0 aromatic heterocycles. The number of hydroxylamine groups is 1. The minimum atomic E-state index is -0.269. The summed E-state index contributed by atoms with van der Waals surface area (Å²) in [5.74, 6) is 1.40. The molecular formula is C18H21NO4S. The highest BCUT2D eigenvalue weighted by Crippen LogP contribution is 2.25. The molecule has 1 amide bonds. The van der Waals surface area contributed by atoms with Crippen molar-refractivity contribution in [2.24, 2.45) is 0 Å². The average molecular weight is 347 g/mol. The maximum absolute atomic E-state index is 12.1. The van der Waals surface area contributed by atoms with Crippen LogP contribution in [0.1, 0.15) is 12.5 Å². The summed E-state index contributed by atoms with van der Waals surface area (Å²) in [6, 6.07) is 15.1. The predicted octanol–water partition coefficient (Wildman–Crippen LogP) is 3.43. The molecule has 1 unspecified atom stereocenters. The largest absolute Gasteiger partial charge is 0.497 e. The van der Waals surface area contributed by atoms with E-state index < -0.39 is 0 Å². The lowest BCUT2D eigenvalue weighted by molar-refractivity contribution is -0.133. The van der Waals surface area contributed by atoms with Crippen LogP contribution in [0.15, 0.2) is 53.4 Å². The van der Waals surface area contributed by atoms with Gasteiger partial charge in [-0.15, -0.1) is 11.8 Å². The fourth-order valence-corrected chi connectivity index (χ4v) is 2.76. The van der Waals surface area contributed by atoms with Gasteiger partial charge in [-0.3, -0.25) is 9.63 Å². The number of rotatable bonds is 8. The smallest absolute Gasteiger partial charge is 0.256 e. The van der Waals surface area contributed by atoms with Gasteiger partial charge in [0.2, 0.25) is 0 Å². The van der Waals surface area contributed by atoms with E-state index in [4.69, 9.17) is 14.3 Å². The highest BCUT2D eigenvalue weighted by Gasteiger charge is 2.14. The van der Waals surface area contributed by atoms with Crippen LogP contribution in [0.25, 0.3) is 0 Å². The maximum Gasteiger partial charge on any atom is 0.256 e. The first-order chi connectivity index (χ1) is 11.6. The van der Waals surface area contributed by atoms with E-state index in [0.717, 1.165) is 22.0 Å². The fraction of sp³-hybridized carbons (Fsp3) is 0.278. The lowest BCUT2D eigenvalue weighted by atomic mass is 10.2. The van der Waals surface area contributed by atoms with Crippen molar-refractivity contribution in [3.63, 3.8) is 0 Å². The molecule has 0 saturated heterocycles. The molecular weight excluding hydrogens is 326 g/mol. The van der Waals surface area contributed by atoms with Crippen molar-refractivity contribution in [1.82, 2.24) is 5.48 Å². The topological polar surface area (TPSA) is 56.8 Å². The zero-order chi connectivity index (χ0) is 17.4. The van der Waals surface area contributed by atoms with Gasteiger partial charge in [-0.25, -0.2) is 5.48 Å². The Morgan fingerprint density at radius 2 is 1.54 bits per heavy atom. The van der Waals surface area contributed by atoms with Gasteiger partial charge in [0, 0.05) is 4.90 Å². The van der Waals surface area contributed by atoms with Gasteiger partial charge in [-0.2, -0.15) is 0 Å². The Balaban J connectivity index is 1.76. The van der Waals surface area contributed by atoms with E-state index in [9.17, 15) is 4.79 Å². The van der Waals surface area contributed by atoms with Crippen LogP contribution in [-0.2, 0) is 16.2 Å². The van der Waals surface area contributed by atoms with Crippen molar-refractivity contribution < 1.29 is 19.1 Å². The SMILES string of the molecule is COc1ccc(CONC(=O)C(C)Sc2ccc(OC)cc2)cc1. The molecule has 0 saturated carbocycles. The van der Waals surface area contributed by atoms with E-state index in [0.29, 0.717) is 6.61 Å². The molecule has 24 heavy (non-hydrogen) atoms. The van der Waals surface area contributed by atoms with E-state index in [2.05, 4.69) is 5.48 Å². The average Bonchev–Trinajstić information content (AvgIpc) is 2.62. The van der Waals surface area contributed by atoms with Gasteiger partial charge in [-0.1, -0.05) is 12.1 Å². The number of nitrogens with one attached hydrogen (secondary N) is 1. The molecule has 0 radical (unpaired) electrons. The van der Waals surface area contributed by atoms with Crippen molar-refractivity contribution in [1.29, 1.82) is 0 Å². The van der Waals surface area contributed by atoms with Crippen LogP contribution in [0.5, 0.6) is 11.5 Å². The van der Waals surface area contributed by atoms with Crippen molar-refractivity contribution in [3.8, 4) is 11.5 Å². The van der Waals surface area contributed by atoms with Gasteiger partial charge in [0.05, 0.1) is 26.1 Å². The molecule has 128 valence electrons. The highest BCUT2D eigenvalue weighted by molar-refractivity contribution is 8.00. The third-order valence-electron chi connectivity index (χ3n) is 3.31. The molecule has 6 heteroatoms. The van der Waals surface area contributed by atoms with Crippen LogP contribution in [0.2, 0.25) is 0 Å². The zero-order valence-electron chi connectivity index (χ0n) is 13.9. The van der Waals surface area contributed by atoms with Crippen molar-refractivity contribution in [3.05, 3.63) is 54.1 Å². The normalized spacial score (nSPS) is 11.6. The maximum atomic E-state index is 12.1. The van der Waals surface area contributed by atoms with Crippen LogP contribution in [0.3, 0.4) is 0 Å². The van der Waals surface area contributed by atoms with Gasteiger partial charge >= 0.3 is 0 Å². The second kappa shape index (κ2) is 9.20. The third-order valence-corrected chi connectivity index (χ3v) is 4.42. The van der Waals surface area contributed by atoms with Gasteiger partial charge < -0.3 is 9.47 Å². The van der Waals surface area contributed by atoms with Crippen LogP contribution in [-0.4, -0.2) is 25.4 Å². The molecule has 1 N–H and O–H groups in total. The second-order valence-electron chi connectivity index (χ2n) is 5.04. The van der Waals surface area contributed by atoms with Gasteiger partial charge in [0.15, 0.2) is 0 Å². The Bertz CT molecular complexity index is 643. The Hall–Kier alpha value is -2.18. The fourth-order valence-electron chi connectivity index (χ4n) is 1.91. The monoisotopic (exact) mass is 347 g/mol. The van der Waals surface area contributed by atoms with Crippen molar-refractivity contribution in [2.45, 2.75) is 23.7 Å². The highest BCUT2D eigenvalue weighted by atomic mass is 32.2. The third kappa shape index (κ3) is 5.47. The first kappa shape index (κ1) is 18.2. The standard InChI is InChI=1S/C18H21NO4S/c1-13(24-17-10-8-16(22-3)9-11-17)18(20)19-23-12-14-4-6-15(21-2)7-5-14/h4-11,13H,12H2,1-3H3,(H,19,20). The summed E-state index contributed by atoms with van der Waals surface area (Å²) in [4.78, 5) is 18.3. The summed E-state index contributed by atoms with van der Waals surface area (Å²) in [6.07, 6.45) is 0. The minimum absolute atomic E-state index is 0.177. The molecule has 0 aliphatic heterocycles. The number of carbonyl (C=O) groups is 1. The predicted molar refractivity (Wildman–Crippen MR) is 94.2 cm³/mol. The molecule has 0 spiro atoms. The molecule has 2 aromatic carbocycles. The number of hydrogen-bond acceptors (Lipinski definition) is 5. The van der Waals surface area contributed by atoms with Gasteiger partial charge in [-0.05, 0) is 48.9 Å². The first-order valence-corrected chi connectivity index (χ1v) is 8.35. The summed E-state index contributed by atoms with van der Waals surface area (Å²) in [5.41, 5.74) is 3.44. The second-order valence-corrected chi connectivity index (χ2v) is 6.45. The van der Waals surface area contributed by atoms with Crippen molar-refractivity contribution >= 4 is 17.7 Å². The van der Waals surface area contributed by atoms with Crippen molar-refractivity contribution in [2.75, 3.05) is 14.2 Å². The number of ether oxygens (including phenoxy) is 2. The lowest BCUT2D eigenvalue weighted by Crippen LogP contribution is -2.30. The number of methoxy groups -OCH3 is 2. The van der Waals surface area contributed by atoms with E-state index in [1.165, 1.54) is 11.8 Å². The minimum Gasteiger partial charge on any atom is -0.497 e. The van der Waals surface area contributed by atoms with E-state index in [-0.39, 0.29) is 11.2 Å². The molecule has 0 fully saturated rings. The number of carbonyl (C=O) groups excluding carboxylic acids is 1. The summed E-state index contributed by atoms with van der Waals surface area (Å²) < 4.78 is 10.2. The zero-order valence-corrected chi connectivity index (χ0v) is 14.8. The number of amides is 1. The number of benzene rings is 2. The summed E-state index contributed by atoms with van der Waals surface area (Å²) in [6.45, 7) is 2.14. The Kier molecular flexibility index (Phi) is 6.96. The van der Waals surface area contributed by atoms with E-state index >= 15 is 0 Å². The van der Waals surface area contributed by atoms with Gasteiger partial charge in [0.1, 0.15) is 11.5 Å². The summed E-state index contributed by atoms with van der Waals surface area (Å²) >= 11 is 1.46. The Morgan fingerprint density at radius 3 is 2.08 bits per heavy atom. The molecule has 2 aromatic rings. The molecule has 2 rings (SSSR count). The Morgan fingerprint density at radius 1 is 1.00 bits per heavy atom. The molecule has 5 nitrogen and oxygen atoms in total. The van der Waals surface area contributed by atoms with E-state index in [1.54, 1.807) is 14.2 Å². The van der Waals surface area contributed by atoms with Crippen LogP contribution >= 0.6 is 11.8 Å². The van der Waals surface area contributed by atoms with E-state index in [1.807, 2.05) is 55.5 Å². The number of hydrogen-bond donors (Lipinski definition) is 1. The quantitative estimate of drug-likeness (QED) is 0.586. The first-order valence-electron chi connectivity index (χ1n) is 7.47. The van der Waals surface area contributed by atoms with Crippen LogP contribution in [0.4, 0.5) is 0 Å². The lowest BCUT2D eigenvalue weighted by Gasteiger charge is -2.12. The Labute approximate surface area is 146 Å². The van der Waals surface area contributed by atoms with Crippen LogP contribution < -0.4 is 15.0 Å². The molecule has 1 atom stereocenters. The molecule has 0 aliphatic rings.